The van der Waals surface area contributed by atoms with E-state index in [4.69, 9.17) is 5.73 Å². The minimum Gasteiger partial charge on any atom is -0.398 e. The van der Waals surface area contributed by atoms with Gasteiger partial charge >= 0.3 is 0 Å². The number of nitro benzene ring substituents is 1. The molecule has 7 heteroatoms. The highest BCUT2D eigenvalue weighted by molar-refractivity contribution is 9.10. The monoisotopic (exact) mass is 346 g/mol. The summed E-state index contributed by atoms with van der Waals surface area (Å²) in [4.78, 5) is 18.1. The van der Waals surface area contributed by atoms with Gasteiger partial charge in [-0.2, -0.15) is 0 Å². The van der Waals surface area contributed by atoms with Gasteiger partial charge in [0.15, 0.2) is 0 Å². The average Bonchev–Trinajstić information content (AvgIpc) is 2.82. The Morgan fingerprint density at radius 3 is 2.81 bits per heavy atom. The number of nitrogens with one attached hydrogen (secondary N) is 1. The van der Waals surface area contributed by atoms with E-state index in [0.717, 1.165) is 21.1 Å². The Morgan fingerprint density at radius 1 is 1.33 bits per heavy atom. The van der Waals surface area contributed by atoms with E-state index < -0.39 is 4.92 Å². The second kappa shape index (κ2) is 4.85. The van der Waals surface area contributed by atoms with E-state index in [9.17, 15) is 10.1 Å². The Morgan fingerprint density at radius 2 is 2.10 bits per heavy atom. The van der Waals surface area contributed by atoms with Gasteiger partial charge in [-0.25, -0.2) is 4.98 Å². The van der Waals surface area contributed by atoms with E-state index in [1.807, 2.05) is 19.1 Å². The number of nitrogens with zero attached hydrogens (tertiary/aromatic N) is 2. The number of non-ortho nitro benzene ring substituents is 1. The van der Waals surface area contributed by atoms with Crippen LogP contribution in [0.25, 0.3) is 22.4 Å². The van der Waals surface area contributed by atoms with Crippen LogP contribution in [0.3, 0.4) is 0 Å². The van der Waals surface area contributed by atoms with E-state index in [2.05, 4.69) is 25.9 Å². The molecule has 0 amide bonds. The van der Waals surface area contributed by atoms with Crippen molar-refractivity contribution in [2.75, 3.05) is 5.73 Å². The summed E-state index contributed by atoms with van der Waals surface area (Å²) in [5.41, 5.74) is 9.54. The minimum absolute atomic E-state index is 0.0161. The van der Waals surface area contributed by atoms with Gasteiger partial charge in [0, 0.05) is 27.9 Å². The van der Waals surface area contributed by atoms with Gasteiger partial charge in [-0.3, -0.25) is 10.1 Å². The van der Waals surface area contributed by atoms with Gasteiger partial charge in [-0.1, -0.05) is 15.9 Å². The number of nitrogens with two attached hydrogens (primary N) is 1. The van der Waals surface area contributed by atoms with Crippen LogP contribution in [-0.4, -0.2) is 14.9 Å². The molecule has 0 bridgehead atoms. The van der Waals surface area contributed by atoms with E-state index >= 15 is 0 Å². The summed E-state index contributed by atoms with van der Waals surface area (Å²) in [5.74, 6) is 0.521. The number of nitrogen functional groups attached to an aromatic ring is 1. The fourth-order valence-corrected chi connectivity index (χ4v) is 2.81. The molecule has 0 saturated carbocycles. The molecule has 0 spiro atoms. The van der Waals surface area contributed by atoms with Gasteiger partial charge in [-0.15, -0.1) is 0 Å². The van der Waals surface area contributed by atoms with Crippen molar-refractivity contribution in [3.8, 4) is 11.4 Å². The third-order valence-electron chi connectivity index (χ3n) is 3.24. The Kier molecular flexibility index (Phi) is 3.13. The van der Waals surface area contributed by atoms with Crippen molar-refractivity contribution in [2.45, 2.75) is 6.92 Å². The Bertz CT molecular complexity index is 873. The molecule has 3 aromatic rings. The van der Waals surface area contributed by atoms with Crippen LogP contribution in [0.1, 0.15) is 5.56 Å². The summed E-state index contributed by atoms with van der Waals surface area (Å²) in [7, 11) is 0. The maximum Gasteiger partial charge on any atom is 0.270 e. The molecule has 0 unspecified atom stereocenters. The molecular weight excluding hydrogens is 336 g/mol. The Hall–Kier alpha value is -2.41. The Balaban J connectivity index is 2.23. The highest BCUT2D eigenvalue weighted by Gasteiger charge is 2.14. The number of benzene rings is 2. The molecular formula is C14H11BrN4O2. The van der Waals surface area contributed by atoms with Gasteiger partial charge < -0.3 is 10.7 Å². The molecule has 3 N–H and O–H groups in total. The average molecular weight is 347 g/mol. The number of aromatic amines is 1. The topological polar surface area (TPSA) is 97.8 Å². The lowest BCUT2D eigenvalue weighted by Crippen LogP contribution is -1.94. The van der Waals surface area contributed by atoms with E-state index in [0.29, 0.717) is 17.1 Å². The zero-order chi connectivity index (χ0) is 15.1. The Labute approximate surface area is 128 Å². The lowest BCUT2D eigenvalue weighted by Gasteiger charge is -2.01. The number of rotatable bonds is 2. The second-order valence-electron chi connectivity index (χ2n) is 4.73. The predicted molar refractivity (Wildman–Crippen MR) is 85.0 cm³/mol. The maximum atomic E-state index is 10.9. The molecule has 0 saturated heterocycles. The van der Waals surface area contributed by atoms with E-state index in [1.54, 1.807) is 0 Å². The zero-order valence-corrected chi connectivity index (χ0v) is 12.6. The van der Waals surface area contributed by atoms with Crippen LogP contribution in [0.15, 0.2) is 34.8 Å². The molecule has 2 aromatic carbocycles. The molecule has 6 nitrogen and oxygen atoms in total. The molecule has 0 aliphatic rings. The molecule has 0 aliphatic carbocycles. The van der Waals surface area contributed by atoms with Gasteiger partial charge in [0.2, 0.25) is 0 Å². The van der Waals surface area contributed by atoms with Crippen molar-refractivity contribution >= 4 is 38.3 Å². The van der Waals surface area contributed by atoms with Crippen molar-refractivity contribution in [1.82, 2.24) is 9.97 Å². The number of anilines is 1. The molecule has 0 radical (unpaired) electrons. The third kappa shape index (κ3) is 2.36. The van der Waals surface area contributed by atoms with Crippen molar-refractivity contribution in [1.29, 1.82) is 0 Å². The lowest BCUT2D eigenvalue weighted by atomic mass is 10.1. The number of imidazole rings is 1. The first kappa shape index (κ1) is 13.6. The number of hydrogen-bond acceptors (Lipinski definition) is 4. The van der Waals surface area contributed by atoms with Gasteiger partial charge in [0.1, 0.15) is 5.82 Å². The highest BCUT2D eigenvalue weighted by atomic mass is 79.9. The summed E-state index contributed by atoms with van der Waals surface area (Å²) in [6, 6.07) is 8.19. The standard InChI is InChI=1S/C14H11BrN4O2/c1-7-4-8(15)5-12-13(7)18-14(17-12)10-6-9(19(20)21)2-3-11(10)16/h2-6H,16H2,1H3,(H,17,18). The highest BCUT2D eigenvalue weighted by Crippen LogP contribution is 2.31. The second-order valence-corrected chi connectivity index (χ2v) is 5.65. The first-order chi connectivity index (χ1) is 9.95. The van der Waals surface area contributed by atoms with Crippen LogP contribution >= 0.6 is 15.9 Å². The fraction of sp³-hybridized carbons (Fsp3) is 0.0714. The van der Waals surface area contributed by atoms with Crippen LogP contribution in [0.4, 0.5) is 11.4 Å². The first-order valence-electron chi connectivity index (χ1n) is 6.16. The fourth-order valence-electron chi connectivity index (χ4n) is 2.24. The predicted octanol–water partition coefficient (Wildman–Crippen LogP) is 3.79. The number of hydrogen-bond donors (Lipinski definition) is 2. The summed E-state index contributed by atoms with van der Waals surface area (Å²) < 4.78 is 0.940. The van der Waals surface area contributed by atoms with E-state index in [1.165, 1.54) is 18.2 Å². The molecule has 106 valence electrons. The summed E-state index contributed by atoms with van der Waals surface area (Å²) in [5, 5.41) is 10.9. The van der Waals surface area contributed by atoms with Gasteiger partial charge in [-0.05, 0) is 30.7 Å². The van der Waals surface area contributed by atoms with Gasteiger partial charge in [0.05, 0.1) is 16.0 Å². The number of H-pyrrole nitrogens is 1. The van der Waals surface area contributed by atoms with E-state index in [-0.39, 0.29) is 5.69 Å². The molecule has 3 rings (SSSR count). The number of aromatic nitrogens is 2. The number of nitro groups is 1. The van der Waals surface area contributed by atoms with Crippen LogP contribution < -0.4 is 5.73 Å². The molecule has 1 aromatic heterocycles. The largest absolute Gasteiger partial charge is 0.398 e. The lowest BCUT2D eigenvalue weighted by molar-refractivity contribution is -0.384. The first-order valence-corrected chi connectivity index (χ1v) is 6.95. The quantitative estimate of drug-likeness (QED) is 0.419. The summed E-state index contributed by atoms with van der Waals surface area (Å²) in [6.45, 7) is 1.95. The zero-order valence-electron chi connectivity index (χ0n) is 11.1. The molecule has 21 heavy (non-hydrogen) atoms. The molecule has 0 aliphatic heterocycles. The number of aryl methyl sites for hydroxylation is 1. The van der Waals surface area contributed by atoms with Gasteiger partial charge in [0.25, 0.3) is 5.69 Å². The summed E-state index contributed by atoms with van der Waals surface area (Å²) in [6.07, 6.45) is 0. The molecule has 0 fully saturated rings. The smallest absolute Gasteiger partial charge is 0.270 e. The number of fused-ring (bicyclic) bond motifs is 1. The van der Waals surface area contributed by atoms with Crippen LogP contribution in [0, 0.1) is 17.0 Å². The molecule has 1 heterocycles. The maximum absolute atomic E-state index is 10.9. The van der Waals surface area contributed by atoms with Crippen LogP contribution in [-0.2, 0) is 0 Å². The van der Waals surface area contributed by atoms with Crippen LogP contribution in [0.5, 0.6) is 0 Å². The van der Waals surface area contributed by atoms with Crippen molar-refractivity contribution in [3.05, 3.63) is 50.5 Å². The van der Waals surface area contributed by atoms with Crippen LogP contribution in [0.2, 0.25) is 0 Å². The SMILES string of the molecule is Cc1cc(Br)cc2[nH]c(-c3cc([N+](=O)[O-])ccc3N)nc12. The normalized spacial score (nSPS) is 11.0. The van der Waals surface area contributed by atoms with Crippen molar-refractivity contribution in [3.63, 3.8) is 0 Å². The third-order valence-corrected chi connectivity index (χ3v) is 3.70. The van der Waals surface area contributed by atoms with Crippen molar-refractivity contribution in [2.24, 2.45) is 0 Å². The summed E-state index contributed by atoms with van der Waals surface area (Å²) >= 11 is 3.43. The minimum atomic E-state index is -0.451. The van der Waals surface area contributed by atoms with Crippen molar-refractivity contribution < 1.29 is 4.92 Å². The molecule has 0 atom stereocenters. The number of halogens is 1.